The average molecular weight is 222 g/mol. The third-order valence-corrected chi connectivity index (χ3v) is 2.12. The van der Waals surface area contributed by atoms with Gasteiger partial charge in [0.1, 0.15) is 0 Å². The van der Waals surface area contributed by atoms with Crippen molar-refractivity contribution in [2.45, 2.75) is 38.5 Å². The van der Waals surface area contributed by atoms with Crippen LogP contribution in [0.25, 0.3) is 0 Å². The molecule has 0 radical (unpaired) electrons. The summed E-state index contributed by atoms with van der Waals surface area (Å²) in [6.45, 7) is 0. The van der Waals surface area contributed by atoms with Gasteiger partial charge in [0.15, 0.2) is 0 Å². The van der Waals surface area contributed by atoms with E-state index in [4.69, 9.17) is 25.3 Å². The van der Waals surface area contributed by atoms with Crippen molar-refractivity contribution in [1.82, 2.24) is 0 Å². The van der Waals surface area contributed by atoms with Crippen LogP contribution in [0.5, 0.6) is 0 Å². The molecule has 0 bridgehead atoms. The zero-order valence-corrected chi connectivity index (χ0v) is 14.1. The van der Waals surface area contributed by atoms with Crippen LogP contribution in [0.3, 0.4) is 0 Å². The van der Waals surface area contributed by atoms with Crippen LogP contribution in [0.1, 0.15) is 38.5 Å². The molecule has 0 unspecified atom stereocenters. The van der Waals surface area contributed by atoms with Gasteiger partial charge in [-0.25, -0.2) is 0 Å². The van der Waals surface area contributed by atoms with Crippen LogP contribution in [-0.2, 0) is 25.3 Å². The van der Waals surface area contributed by atoms with E-state index in [0.29, 0.717) is 0 Å². The van der Waals surface area contributed by atoms with Crippen molar-refractivity contribution in [3.05, 3.63) is 0 Å². The monoisotopic (exact) mass is 222 g/mol. The summed E-state index contributed by atoms with van der Waals surface area (Å²) in [6, 6.07) is 0. The minimum absolute atomic E-state index is 0. The van der Waals surface area contributed by atoms with Crippen LogP contribution in [0.15, 0.2) is 0 Å². The quantitative estimate of drug-likeness (QED) is 0.248. The fourth-order valence-electron chi connectivity index (χ4n) is 0.911. The Morgan fingerprint density at radius 3 is 1.00 bits per heavy atom. The molecule has 0 aromatic carbocycles. The summed E-state index contributed by atoms with van der Waals surface area (Å²) < 4.78 is 0. The van der Waals surface area contributed by atoms with E-state index in [1.54, 1.807) is 0 Å². The van der Waals surface area contributed by atoms with Crippen molar-refractivity contribution in [2.75, 3.05) is 11.5 Å². The predicted molar refractivity (Wildman–Crippen MR) is 52.2 cm³/mol. The molecule has 0 saturated carbocycles. The standard InChI is InChI=1S/C8H18S2.2Na/c9-7-5-3-1-2-4-6-8-10;;/h9-10H,1-8H2;;/q;2*+1/p-2. The third kappa shape index (κ3) is 18.5. The summed E-state index contributed by atoms with van der Waals surface area (Å²) in [7, 11) is 0. The molecule has 0 rings (SSSR count). The minimum atomic E-state index is 0. The van der Waals surface area contributed by atoms with Gasteiger partial charge >= 0.3 is 59.1 Å². The first-order valence-corrected chi connectivity index (χ1v) is 5.23. The van der Waals surface area contributed by atoms with Gasteiger partial charge < -0.3 is 25.3 Å². The van der Waals surface area contributed by atoms with Gasteiger partial charge in [0, 0.05) is 0 Å². The van der Waals surface area contributed by atoms with Crippen LogP contribution >= 0.6 is 0 Å². The second-order valence-electron chi connectivity index (χ2n) is 2.53. The Balaban J connectivity index is -0.000000405. The maximum absolute atomic E-state index is 4.84. The molecule has 0 amide bonds. The van der Waals surface area contributed by atoms with Crippen LogP contribution in [0.4, 0.5) is 0 Å². The van der Waals surface area contributed by atoms with E-state index in [9.17, 15) is 0 Å². The van der Waals surface area contributed by atoms with Gasteiger partial charge in [0.25, 0.3) is 0 Å². The van der Waals surface area contributed by atoms with Gasteiger partial charge in [-0.05, 0) is 0 Å². The first-order chi connectivity index (χ1) is 4.91. The predicted octanol–water partition coefficient (Wildman–Crippen LogP) is -3.57. The van der Waals surface area contributed by atoms with Gasteiger partial charge in [0.2, 0.25) is 0 Å². The number of hydrogen-bond acceptors (Lipinski definition) is 2. The van der Waals surface area contributed by atoms with Crippen molar-refractivity contribution < 1.29 is 59.1 Å². The fraction of sp³-hybridized carbons (Fsp3) is 1.00. The molecule has 0 aromatic rings. The summed E-state index contributed by atoms with van der Waals surface area (Å²) >= 11 is 9.67. The molecule has 0 spiro atoms. The summed E-state index contributed by atoms with van der Waals surface area (Å²) in [5.41, 5.74) is 0. The van der Waals surface area contributed by atoms with Gasteiger partial charge in [-0.1, -0.05) is 38.5 Å². The van der Waals surface area contributed by atoms with Gasteiger partial charge in [-0.2, -0.15) is 11.5 Å². The van der Waals surface area contributed by atoms with E-state index in [-0.39, 0.29) is 59.1 Å². The SMILES string of the molecule is [Na+].[Na+].[S-]CCCCCCCC[S-]. The molecule has 0 aliphatic carbocycles. The van der Waals surface area contributed by atoms with Gasteiger partial charge in [-0.15, -0.1) is 0 Å². The van der Waals surface area contributed by atoms with E-state index in [1.165, 1.54) is 38.5 Å². The Morgan fingerprint density at radius 1 is 0.500 bits per heavy atom. The molecule has 0 aliphatic heterocycles. The smallest absolute Gasteiger partial charge is 0.793 e. The second kappa shape index (κ2) is 19.3. The molecule has 0 atom stereocenters. The summed E-state index contributed by atoms with van der Waals surface area (Å²) in [4.78, 5) is 0. The van der Waals surface area contributed by atoms with Gasteiger partial charge in [0.05, 0.1) is 0 Å². The van der Waals surface area contributed by atoms with Crippen molar-refractivity contribution in [3.8, 4) is 0 Å². The molecular weight excluding hydrogens is 206 g/mol. The molecule has 0 heterocycles. The van der Waals surface area contributed by atoms with Crippen molar-refractivity contribution in [3.63, 3.8) is 0 Å². The molecule has 0 saturated heterocycles. The van der Waals surface area contributed by atoms with Crippen LogP contribution in [-0.4, -0.2) is 11.5 Å². The Hall–Kier alpha value is 2.70. The van der Waals surface area contributed by atoms with Crippen molar-refractivity contribution in [1.29, 1.82) is 0 Å². The molecule has 0 N–H and O–H groups in total. The molecule has 62 valence electrons. The first-order valence-electron chi connectivity index (χ1n) is 4.08. The number of unbranched alkanes of at least 4 members (excludes halogenated alkanes) is 5. The Morgan fingerprint density at radius 2 is 0.750 bits per heavy atom. The summed E-state index contributed by atoms with van der Waals surface area (Å²) in [5.74, 6) is 1.86. The fourth-order valence-corrected chi connectivity index (χ4v) is 1.32. The van der Waals surface area contributed by atoms with Crippen LogP contribution < -0.4 is 59.1 Å². The van der Waals surface area contributed by atoms with Crippen molar-refractivity contribution in [2.24, 2.45) is 0 Å². The van der Waals surface area contributed by atoms with E-state index in [1.807, 2.05) is 0 Å². The zero-order chi connectivity index (χ0) is 7.66. The van der Waals surface area contributed by atoms with Crippen LogP contribution in [0, 0.1) is 0 Å². The van der Waals surface area contributed by atoms with E-state index in [2.05, 4.69) is 0 Å². The van der Waals surface area contributed by atoms with Crippen molar-refractivity contribution >= 4 is 25.3 Å². The zero-order valence-electron chi connectivity index (χ0n) is 8.47. The van der Waals surface area contributed by atoms with Crippen LogP contribution in [0.2, 0.25) is 0 Å². The largest absolute Gasteiger partial charge is 1.00 e. The molecule has 0 aliphatic rings. The molecule has 0 fully saturated rings. The van der Waals surface area contributed by atoms with E-state index < -0.39 is 0 Å². The van der Waals surface area contributed by atoms with Gasteiger partial charge in [-0.3, -0.25) is 0 Å². The molecule has 0 nitrogen and oxygen atoms in total. The van der Waals surface area contributed by atoms with E-state index in [0.717, 1.165) is 11.5 Å². The first kappa shape index (κ1) is 20.2. The Labute approximate surface area is 132 Å². The molecule has 12 heavy (non-hydrogen) atoms. The minimum Gasteiger partial charge on any atom is -0.793 e. The molecular formula is C8H16Na2S2. The average Bonchev–Trinajstić information content (AvgIpc) is 1.97. The maximum Gasteiger partial charge on any atom is 1.00 e. The topological polar surface area (TPSA) is 0 Å². The molecule has 4 heteroatoms. The third-order valence-electron chi connectivity index (χ3n) is 1.54. The molecule has 0 aromatic heterocycles. The Bertz CT molecular complexity index is 55.0. The summed E-state index contributed by atoms with van der Waals surface area (Å²) in [6.07, 6.45) is 7.80. The number of hydrogen-bond donors (Lipinski definition) is 0. The maximum atomic E-state index is 4.84. The normalized spacial score (nSPS) is 8.50. The second-order valence-corrected chi connectivity index (χ2v) is 3.35. The summed E-state index contributed by atoms with van der Waals surface area (Å²) in [5, 5.41) is 0. The van der Waals surface area contributed by atoms with E-state index >= 15 is 0 Å². The number of rotatable bonds is 7. The Kier molecular flexibility index (Phi) is 32.4.